The average Bonchev–Trinajstić information content (AvgIpc) is 3.20. The van der Waals surface area contributed by atoms with Gasteiger partial charge in [0.25, 0.3) is 5.91 Å². The van der Waals surface area contributed by atoms with E-state index in [0.717, 1.165) is 43.3 Å². The monoisotopic (exact) mass is 425 g/mol. The number of sulfone groups is 1. The zero-order valence-corrected chi connectivity index (χ0v) is 17.4. The Morgan fingerprint density at radius 3 is 2.57 bits per heavy atom. The number of amides is 1. The molecule has 1 aromatic carbocycles. The van der Waals surface area contributed by atoms with Gasteiger partial charge in [0.05, 0.1) is 16.2 Å². The van der Waals surface area contributed by atoms with Crippen LogP contribution in [0.15, 0.2) is 53.6 Å². The highest BCUT2D eigenvalue weighted by Crippen LogP contribution is 2.30. The second-order valence-electron chi connectivity index (χ2n) is 7.28. The molecule has 1 aliphatic heterocycles. The fraction of sp³-hybridized carbons (Fsp3) is 0.238. The molecule has 9 heteroatoms. The fourth-order valence-corrected chi connectivity index (χ4v) is 4.23. The van der Waals surface area contributed by atoms with Crippen molar-refractivity contribution in [2.75, 3.05) is 37.3 Å². The second-order valence-corrected chi connectivity index (χ2v) is 9.29. The largest absolute Gasteiger partial charge is 0.365 e. The van der Waals surface area contributed by atoms with E-state index in [-0.39, 0.29) is 4.90 Å². The third-order valence-corrected chi connectivity index (χ3v) is 6.23. The number of carbonyl (C=O) groups is 1. The number of nitrogens with one attached hydrogen (secondary N) is 2. The molecule has 30 heavy (non-hydrogen) atoms. The van der Waals surface area contributed by atoms with E-state index >= 15 is 0 Å². The molecule has 1 saturated heterocycles. The molecule has 8 nitrogen and oxygen atoms in total. The van der Waals surface area contributed by atoms with Crippen LogP contribution in [0.25, 0.3) is 22.5 Å². The first-order chi connectivity index (χ1) is 14.3. The van der Waals surface area contributed by atoms with Crippen LogP contribution in [0.1, 0.15) is 10.4 Å². The molecule has 3 aromatic rings. The first kappa shape index (κ1) is 20.1. The summed E-state index contributed by atoms with van der Waals surface area (Å²) >= 11 is 0. The van der Waals surface area contributed by atoms with Gasteiger partial charge in [-0.1, -0.05) is 12.1 Å². The van der Waals surface area contributed by atoms with E-state index < -0.39 is 15.7 Å². The number of nitrogens with zero attached hydrogens (tertiary/aromatic N) is 2. The van der Waals surface area contributed by atoms with Gasteiger partial charge in [0.1, 0.15) is 5.82 Å². The summed E-state index contributed by atoms with van der Waals surface area (Å²) in [5.74, 6) is 0.234. The number of pyridine rings is 1. The van der Waals surface area contributed by atoms with E-state index in [2.05, 4.69) is 20.2 Å². The summed E-state index contributed by atoms with van der Waals surface area (Å²) < 4.78 is 23.8. The molecule has 0 radical (unpaired) electrons. The first-order valence-electron chi connectivity index (χ1n) is 9.58. The van der Waals surface area contributed by atoms with Crippen LogP contribution in [0.4, 0.5) is 5.82 Å². The third-order valence-electron chi connectivity index (χ3n) is 5.12. The number of nitrogens with two attached hydrogens (primary N) is 1. The maximum atomic E-state index is 12.0. The minimum Gasteiger partial charge on any atom is -0.365 e. The summed E-state index contributed by atoms with van der Waals surface area (Å²) in [7, 11) is -3.32. The minimum atomic E-state index is -3.32. The van der Waals surface area contributed by atoms with Crippen LogP contribution >= 0.6 is 0 Å². The maximum absolute atomic E-state index is 12.0. The van der Waals surface area contributed by atoms with Crippen molar-refractivity contribution in [3.63, 3.8) is 0 Å². The number of hydrogen-bond donors (Lipinski definition) is 3. The lowest BCUT2D eigenvalue weighted by Gasteiger charge is -2.28. The lowest BCUT2D eigenvalue weighted by atomic mass is 10.1. The first-order valence-corrected chi connectivity index (χ1v) is 11.5. The molecule has 4 rings (SSSR count). The minimum absolute atomic E-state index is 0.240. The maximum Gasteiger partial charge on any atom is 0.252 e. The van der Waals surface area contributed by atoms with Crippen LogP contribution in [0.2, 0.25) is 0 Å². The third kappa shape index (κ3) is 4.07. The molecule has 4 N–H and O–H groups in total. The number of carbonyl (C=O) groups excluding carboxylic acids is 1. The Bertz CT molecular complexity index is 1200. The molecular weight excluding hydrogens is 402 g/mol. The summed E-state index contributed by atoms with van der Waals surface area (Å²) in [6.07, 6.45) is 2.84. The van der Waals surface area contributed by atoms with E-state index in [4.69, 9.17) is 5.73 Å². The Morgan fingerprint density at radius 2 is 1.87 bits per heavy atom. The molecule has 0 spiro atoms. The van der Waals surface area contributed by atoms with Gasteiger partial charge in [-0.25, -0.2) is 8.42 Å². The summed E-state index contributed by atoms with van der Waals surface area (Å²) in [5.41, 5.74) is 8.98. The Hall–Kier alpha value is -3.17. The summed E-state index contributed by atoms with van der Waals surface area (Å²) in [4.78, 5) is 22.1. The zero-order chi connectivity index (χ0) is 21.3. The molecule has 1 aliphatic rings. The lowest BCUT2D eigenvalue weighted by Crippen LogP contribution is -2.44. The number of aromatic nitrogens is 2. The number of hydrogen-bond acceptors (Lipinski definition) is 6. The predicted molar refractivity (Wildman–Crippen MR) is 116 cm³/mol. The highest BCUT2D eigenvalue weighted by Gasteiger charge is 2.21. The van der Waals surface area contributed by atoms with Crippen LogP contribution in [0.3, 0.4) is 0 Å². The topological polar surface area (TPSA) is 121 Å². The van der Waals surface area contributed by atoms with Crippen molar-refractivity contribution in [3.8, 4) is 22.5 Å². The Labute approximate surface area is 175 Å². The molecular formula is C21H23N5O3S. The Morgan fingerprint density at radius 1 is 1.10 bits per heavy atom. The highest BCUT2D eigenvalue weighted by molar-refractivity contribution is 7.90. The quantitative estimate of drug-likeness (QED) is 0.572. The van der Waals surface area contributed by atoms with Gasteiger partial charge in [-0.05, 0) is 30.3 Å². The number of piperazine rings is 1. The van der Waals surface area contributed by atoms with Crippen molar-refractivity contribution < 1.29 is 13.2 Å². The molecule has 0 aliphatic carbocycles. The SMILES string of the molecule is CS(=O)(=O)c1cccc(-c2cc(-c3cc(C(N)=O)c(N4CCNCC4)[nH]3)ccn2)c1. The standard InChI is InChI=1S/C21H23N5O3S/c1-30(28,29)16-4-2-3-14(11-16)18-12-15(5-6-24-18)19-13-17(20(22)27)21(25-19)26-9-7-23-8-10-26/h2-6,11-13,23,25H,7-10H2,1H3,(H2,22,27). The molecule has 1 amide bonds. The molecule has 0 saturated carbocycles. The number of H-pyrrole nitrogens is 1. The highest BCUT2D eigenvalue weighted by atomic mass is 32.2. The molecule has 1 fully saturated rings. The van der Waals surface area contributed by atoms with Gasteiger partial charge >= 0.3 is 0 Å². The number of aromatic amines is 1. The van der Waals surface area contributed by atoms with E-state index in [9.17, 15) is 13.2 Å². The number of primary amides is 1. The van der Waals surface area contributed by atoms with Gasteiger partial charge in [0, 0.05) is 55.5 Å². The van der Waals surface area contributed by atoms with E-state index in [1.54, 1.807) is 30.5 Å². The summed E-state index contributed by atoms with van der Waals surface area (Å²) in [6.45, 7) is 3.23. The van der Waals surface area contributed by atoms with E-state index in [0.29, 0.717) is 16.8 Å². The lowest BCUT2D eigenvalue weighted by molar-refractivity contribution is 0.100. The summed E-state index contributed by atoms with van der Waals surface area (Å²) in [6, 6.07) is 12.1. The van der Waals surface area contributed by atoms with Crippen molar-refractivity contribution in [3.05, 3.63) is 54.2 Å². The van der Waals surface area contributed by atoms with E-state index in [1.807, 2.05) is 18.2 Å². The number of rotatable bonds is 5. The van der Waals surface area contributed by atoms with Crippen LogP contribution in [-0.2, 0) is 9.84 Å². The van der Waals surface area contributed by atoms with Gasteiger partial charge in [0.2, 0.25) is 0 Å². The summed E-state index contributed by atoms with van der Waals surface area (Å²) in [5, 5.41) is 3.29. The molecule has 0 atom stereocenters. The van der Waals surface area contributed by atoms with Gasteiger partial charge < -0.3 is 20.9 Å². The molecule has 2 aromatic heterocycles. The number of benzene rings is 1. The van der Waals surface area contributed by atoms with Crippen molar-refractivity contribution in [2.45, 2.75) is 4.90 Å². The van der Waals surface area contributed by atoms with Crippen molar-refractivity contribution in [1.82, 2.24) is 15.3 Å². The Balaban J connectivity index is 1.73. The van der Waals surface area contributed by atoms with Gasteiger partial charge in [-0.3, -0.25) is 9.78 Å². The zero-order valence-electron chi connectivity index (χ0n) is 16.6. The van der Waals surface area contributed by atoms with Crippen LogP contribution in [0, 0.1) is 0 Å². The number of anilines is 1. The van der Waals surface area contributed by atoms with Gasteiger partial charge in [0.15, 0.2) is 9.84 Å². The normalized spacial score (nSPS) is 14.6. The molecule has 3 heterocycles. The van der Waals surface area contributed by atoms with Crippen molar-refractivity contribution in [1.29, 1.82) is 0 Å². The predicted octanol–water partition coefficient (Wildman–Crippen LogP) is 1.66. The molecule has 0 bridgehead atoms. The Kier molecular flexibility index (Phi) is 5.31. The van der Waals surface area contributed by atoms with Crippen molar-refractivity contribution >= 4 is 21.6 Å². The van der Waals surface area contributed by atoms with Gasteiger partial charge in [-0.15, -0.1) is 0 Å². The van der Waals surface area contributed by atoms with Crippen LogP contribution in [0.5, 0.6) is 0 Å². The second kappa shape index (κ2) is 7.92. The molecule has 0 unspecified atom stereocenters. The average molecular weight is 426 g/mol. The van der Waals surface area contributed by atoms with Gasteiger partial charge in [-0.2, -0.15) is 0 Å². The van der Waals surface area contributed by atoms with E-state index in [1.165, 1.54) is 6.26 Å². The van der Waals surface area contributed by atoms with Crippen molar-refractivity contribution in [2.24, 2.45) is 5.73 Å². The van der Waals surface area contributed by atoms with Crippen LogP contribution in [-0.4, -0.2) is 56.7 Å². The van der Waals surface area contributed by atoms with Crippen LogP contribution < -0.4 is 16.0 Å². The smallest absolute Gasteiger partial charge is 0.252 e. The molecule has 156 valence electrons. The fourth-order valence-electron chi connectivity index (χ4n) is 3.57.